The van der Waals surface area contributed by atoms with Crippen LogP contribution in [-0.2, 0) is 20.2 Å². The first-order valence-electron chi connectivity index (χ1n) is 9.43. The Morgan fingerprint density at radius 3 is 2.25 bits per heavy atom. The van der Waals surface area contributed by atoms with E-state index in [2.05, 4.69) is 26.8 Å². The van der Waals surface area contributed by atoms with Crippen molar-refractivity contribution in [2.24, 2.45) is 0 Å². The van der Waals surface area contributed by atoms with Gasteiger partial charge in [-0.2, -0.15) is 0 Å². The largest absolute Gasteiger partial charge is 0.493 e. The second-order valence-corrected chi connectivity index (χ2v) is 9.85. The Balaban J connectivity index is 2.73. The normalized spacial score (nSPS) is 18.1. The predicted molar refractivity (Wildman–Crippen MR) is 111 cm³/mol. The number of fused-ring (bicyclic) bond motifs is 1. The third-order valence-corrected chi connectivity index (χ3v) is 6.53. The zero-order chi connectivity index (χ0) is 21.3. The molecule has 6 nitrogen and oxygen atoms in total. The topological polar surface area (TPSA) is 72.9 Å². The number of ether oxygens (including phenoxy) is 2. The van der Waals surface area contributed by atoms with Crippen LogP contribution >= 0.6 is 0 Å². The minimum atomic E-state index is -3.65. The monoisotopic (exact) mass is 409 g/mol. The molecule has 1 amide bonds. The molecular weight excluding hydrogens is 378 g/mol. The quantitative estimate of drug-likeness (QED) is 0.643. The number of amides is 1. The number of nitrogens with zero attached hydrogens (tertiary/aromatic N) is 1. The molecule has 0 aliphatic heterocycles. The van der Waals surface area contributed by atoms with Crippen LogP contribution in [0.5, 0.6) is 11.5 Å². The zero-order valence-electron chi connectivity index (χ0n) is 17.8. The van der Waals surface area contributed by atoms with Crippen LogP contribution in [0, 0.1) is 0 Å². The van der Waals surface area contributed by atoms with Gasteiger partial charge in [-0.15, -0.1) is 0 Å². The standard InChI is InChI=1S/C21H31NO5S/c1-8-9-10-14-13-21(2,3)16-12-18(27-6)17(26-5)11-15(16)19(14)20(23)22(4)28(7,24)25/h11-13,19H,8-10H2,1-7H3. The van der Waals surface area contributed by atoms with Gasteiger partial charge >= 0.3 is 0 Å². The lowest BCUT2D eigenvalue weighted by Crippen LogP contribution is -2.39. The van der Waals surface area contributed by atoms with Gasteiger partial charge in [0.1, 0.15) is 0 Å². The molecule has 0 heterocycles. The molecule has 0 bridgehead atoms. The molecular formula is C21H31NO5S. The van der Waals surface area contributed by atoms with Crippen LogP contribution in [0.1, 0.15) is 57.1 Å². The fourth-order valence-corrected chi connectivity index (χ4v) is 4.18. The Labute approximate surface area is 168 Å². The number of carbonyl (C=O) groups excluding carboxylic acids is 1. The maximum absolute atomic E-state index is 13.3. The predicted octanol–water partition coefficient (Wildman–Crippen LogP) is 3.61. The van der Waals surface area contributed by atoms with Gasteiger partial charge in [0.05, 0.1) is 26.4 Å². The minimum Gasteiger partial charge on any atom is -0.493 e. The molecule has 1 atom stereocenters. The van der Waals surface area contributed by atoms with Gasteiger partial charge in [-0.1, -0.05) is 38.8 Å². The van der Waals surface area contributed by atoms with Crippen LogP contribution in [0.3, 0.4) is 0 Å². The number of hydrogen-bond acceptors (Lipinski definition) is 5. The smallest absolute Gasteiger partial charge is 0.247 e. The molecule has 0 saturated carbocycles. The highest BCUT2D eigenvalue weighted by atomic mass is 32.2. The molecule has 0 radical (unpaired) electrons. The summed E-state index contributed by atoms with van der Waals surface area (Å²) in [6, 6.07) is 3.70. The molecule has 0 spiro atoms. The van der Waals surface area contributed by atoms with Crippen molar-refractivity contribution in [1.29, 1.82) is 0 Å². The number of benzene rings is 1. The van der Waals surface area contributed by atoms with Crippen molar-refractivity contribution in [3.63, 3.8) is 0 Å². The van der Waals surface area contributed by atoms with Crippen LogP contribution < -0.4 is 9.47 Å². The Bertz CT molecular complexity index is 886. The number of hydrogen-bond donors (Lipinski definition) is 0. The van der Waals surface area contributed by atoms with E-state index in [0.29, 0.717) is 11.5 Å². The Hall–Kier alpha value is -2.02. The highest BCUT2D eigenvalue weighted by Crippen LogP contribution is 2.47. The van der Waals surface area contributed by atoms with E-state index in [1.54, 1.807) is 14.2 Å². The second kappa shape index (κ2) is 8.15. The SMILES string of the molecule is CCCCC1=CC(C)(C)c2cc(OC)c(OC)cc2C1C(=O)N(C)S(C)(=O)=O. The molecule has 1 aromatic rings. The molecule has 1 aromatic carbocycles. The molecule has 2 rings (SSSR count). The molecule has 7 heteroatoms. The van der Waals surface area contributed by atoms with Gasteiger partial charge in [-0.05, 0) is 36.1 Å². The van der Waals surface area contributed by atoms with Gasteiger partial charge in [0.25, 0.3) is 0 Å². The first-order chi connectivity index (χ1) is 13.0. The van der Waals surface area contributed by atoms with Crippen LogP contribution in [-0.4, -0.2) is 46.2 Å². The average Bonchev–Trinajstić information content (AvgIpc) is 2.63. The fourth-order valence-electron chi connectivity index (χ4n) is 3.75. The van der Waals surface area contributed by atoms with Crippen molar-refractivity contribution in [3.05, 3.63) is 34.9 Å². The minimum absolute atomic E-state index is 0.321. The number of sulfonamides is 1. The van der Waals surface area contributed by atoms with Gasteiger partial charge in [0, 0.05) is 12.5 Å². The average molecular weight is 410 g/mol. The first kappa shape index (κ1) is 22.3. The summed E-state index contributed by atoms with van der Waals surface area (Å²) < 4.78 is 35.8. The number of methoxy groups -OCH3 is 2. The van der Waals surface area contributed by atoms with Crippen LogP contribution in [0.15, 0.2) is 23.8 Å². The Kier molecular flexibility index (Phi) is 6.48. The molecule has 28 heavy (non-hydrogen) atoms. The van der Waals surface area contributed by atoms with E-state index in [-0.39, 0.29) is 5.41 Å². The van der Waals surface area contributed by atoms with Crippen molar-refractivity contribution in [3.8, 4) is 11.5 Å². The molecule has 0 N–H and O–H groups in total. The van der Waals surface area contributed by atoms with Crippen molar-refractivity contribution in [2.75, 3.05) is 27.5 Å². The van der Waals surface area contributed by atoms with E-state index in [1.165, 1.54) is 7.05 Å². The van der Waals surface area contributed by atoms with Crippen molar-refractivity contribution < 1.29 is 22.7 Å². The number of likely N-dealkylation sites (N-methyl/N-ethyl adjacent to an activating group) is 1. The first-order valence-corrected chi connectivity index (χ1v) is 11.3. The number of allylic oxidation sites excluding steroid dienone is 1. The summed E-state index contributed by atoms with van der Waals surface area (Å²) in [6.45, 7) is 6.27. The lowest BCUT2D eigenvalue weighted by Gasteiger charge is -2.37. The highest BCUT2D eigenvalue weighted by molar-refractivity contribution is 7.88. The Morgan fingerprint density at radius 1 is 1.18 bits per heavy atom. The lowest BCUT2D eigenvalue weighted by atomic mass is 9.69. The van der Waals surface area contributed by atoms with Crippen molar-refractivity contribution >= 4 is 15.9 Å². The lowest BCUT2D eigenvalue weighted by molar-refractivity contribution is -0.126. The van der Waals surface area contributed by atoms with Crippen LogP contribution in [0.25, 0.3) is 0 Å². The summed E-state index contributed by atoms with van der Waals surface area (Å²) in [5.74, 6) is -0.000992. The molecule has 1 unspecified atom stereocenters. The second-order valence-electron chi connectivity index (χ2n) is 7.84. The zero-order valence-corrected chi connectivity index (χ0v) is 18.6. The van der Waals surface area contributed by atoms with E-state index < -0.39 is 21.8 Å². The maximum atomic E-state index is 13.3. The Morgan fingerprint density at radius 2 is 1.75 bits per heavy atom. The number of rotatable bonds is 7. The van der Waals surface area contributed by atoms with Crippen LogP contribution in [0.2, 0.25) is 0 Å². The van der Waals surface area contributed by atoms with Crippen molar-refractivity contribution in [2.45, 2.75) is 51.4 Å². The summed E-state index contributed by atoms with van der Waals surface area (Å²) in [7, 11) is 0.779. The van der Waals surface area contributed by atoms with E-state index in [1.807, 2.05) is 12.1 Å². The summed E-state index contributed by atoms with van der Waals surface area (Å²) >= 11 is 0. The van der Waals surface area contributed by atoms with Gasteiger partial charge in [0.15, 0.2) is 11.5 Å². The summed E-state index contributed by atoms with van der Waals surface area (Å²) in [6.07, 6.45) is 5.80. The number of unbranched alkanes of at least 4 members (excludes halogenated alkanes) is 1. The van der Waals surface area contributed by atoms with Gasteiger partial charge in [0.2, 0.25) is 15.9 Å². The molecule has 156 valence electrons. The van der Waals surface area contributed by atoms with Crippen LogP contribution in [0.4, 0.5) is 0 Å². The fraction of sp³-hybridized carbons (Fsp3) is 0.571. The third-order valence-electron chi connectivity index (χ3n) is 5.35. The summed E-state index contributed by atoms with van der Waals surface area (Å²) in [4.78, 5) is 13.3. The van der Waals surface area contributed by atoms with E-state index in [9.17, 15) is 13.2 Å². The van der Waals surface area contributed by atoms with Gasteiger partial charge in [-0.25, -0.2) is 12.7 Å². The van der Waals surface area contributed by atoms with E-state index in [4.69, 9.17) is 9.47 Å². The summed E-state index contributed by atoms with van der Waals surface area (Å²) in [5.41, 5.74) is 2.34. The molecule has 0 fully saturated rings. The number of carbonyl (C=O) groups is 1. The van der Waals surface area contributed by atoms with Crippen molar-refractivity contribution in [1.82, 2.24) is 4.31 Å². The summed E-state index contributed by atoms with van der Waals surface area (Å²) in [5, 5.41) is 0. The molecule has 1 aliphatic rings. The molecule has 0 saturated heterocycles. The maximum Gasteiger partial charge on any atom is 0.247 e. The van der Waals surface area contributed by atoms with Gasteiger partial charge in [-0.3, -0.25) is 4.79 Å². The highest BCUT2D eigenvalue weighted by Gasteiger charge is 2.40. The third kappa shape index (κ3) is 4.19. The van der Waals surface area contributed by atoms with E-state index in [0.717, 1.165) is 46.5 Å². The molecule has 0 aromatic heterocycles. The van der Waals surface area contributed by atoms with E-state index >= 15 is 0 Å². The molecule has 1 aliphatic carbocycles. The van der Waals surface area contributed by atoms with Gasteiger partial charge < -0.3 is 9.47 Å².